The van der Waals surface area contributed by atoms with Crippen molar-refractivity contribution in [3.05, 3.63) is 28.7 Å². The van der Waals surface area contributed by atoms with Crippen LogP contribution >= 0.6 is 39.9 Å². The van der Waals surface area contributed by atoms with Crippen LogP contribution in [0, 0.1) is 0 Å². The third kappa shape index (κ3) is 7.99. The van der Waals surface area contributed by atoms with Crippen molar-refractivity contribution in [2.45, 2.75) is 25.8 Å². The number of nitrogens with one attached hydrogen (secondary N) is 2. The van der Waals surface area contributed by atoms with E-state index in [2.05, 4.69) is 48.6 Å². The number of aliphatic imine (C=N–C) groups is 1. The molecule has 0 aromatic heterocycles. The molecule has 1 heterocycles. The largest absolute Gasteiger partial charge is 0.368 e. The lowest BCUT2D eigenvalue weighted by Crippen LogP contribution is -2.44. The first kappa shape index (κ1) is 23.5. The molecule has 26 heavy (non-hydrogen) atoms. The Morgan fingerprint density at radius 3 is 2.77 bits per heavy atom. The Labute approximate surface area is 182 Å². The highest BCUT2D eigenvalue weighted by atomic mass is 127. The van der Waals surface area contributed by atoms with Crippen LogP contribution in [0.15, 0.2) is 33.7 Å². The maximum Gasteiger partial charge on any atom is 0.191 e. The molecule has 1 fully saturated rings. The van der Waals surface area contributed by atoms with Gasteiger partial charge in [-0.25, -0.2) is 8.42 Å². The number of hydrogen-bond acceptors (Lipinski definition) is 4. The molecule has 1 aliphatic rings. The Balaban J connectivity index is 0.00000338. The quantitative estimate of drug-likeness (QED) is 0.233. The van der Waals surface area contributed by atoms with Gasteiger partial charge in [0, 0.05) is 42.9 Å². The summed E-state index contributed by atoms with van der Waals surface area (Å²) in [5.41, 5.74) is 1.21. The van der Waals surface area contributed by atoms with Gasteiger partial charge in [-0.3, -0.25) is 4.99 Å². The fourth-order valence-corrected chi connectivity index (χ4v) is 4.03. The lowest BCUT2D eigenvalue weighted by atomic mass is 10.3. The number of rotatable bonds is 7. The number of para-hydroxylation sites is 1. The van der Waals surface area contributed by atoms with Crippen LogP contribution in [-0.4, -0.2) is 58.6 Å². The highest BCUT2D eigenvalue weighted by molar-refractivity contribution is 14.0. The Hall–Kier alpha value is -0.550. The molecular weight excluding hydrogens is 531 g/mol. The van der Waals surface area contributed by atoms with Crippen molar-refractivity contribution in [3.8, 4) is 0 Å². The zero-order chi connectivity index (χ0) is 18.3. The first-order chi connectivity index (χ1) is 11.9. The number of benzene rings is 1. The average Bonchev–Trinajstić information content (AvgIpc) is 2.99. The van der Waals surface area contributed by atoms with E-state index >= 15 is 0 Å². The van der Waals surface area contributed by atoms with E-state index in [0.29, 0.717) is 19.0 Å². The zero-order valence-corrected chi connectivity index (χ0v) is 20.0. The summed E-state index contributed by atoms with van der Waals surface area (Å²) in [6, 6.07) is 8.57. The maximum atomic E-state index is 11.2. The van der Waals surface area contributed by atoms with Crippen LogP contribution in [0.25, 0.3) is 0 Å². The number of hydrogen-bond donors (Lipinski definition) is 2. The van der Waals surface area contributed by atoms with Crippen molar-refractivity contribution in [1.29, 1.82) is 0 Å². The highest BCUT2D eigenvalue weighted by Gasteiger charge is 2.24. The molecule has 0 amide bonds. The van der Waals surface area contributed by atoms with Crippen LogP contribution in [0.2, 0.25) is 0 Å². The van der Waals surface area contributed by atoms with Crippen LogP contribution in [0.4, 0.5) is 5.69 Å². The number of anilines is 1. The van der Waals surface area contributed by atoms with E-state index in [9.17, 15) is 8.42 Å². The first-order valence-corrected chi connectivity index (χ1v) is 11.5. The van der Waals surface area contributed by atoms with E-state index in [0.717, 1.165) is 36.5 Å². The molecule has 2 rings (SSSR count). The predicted molar refractivity (Wildman–Crippen MR) is 124 cm³/mol. The Kier molecular flexibility index (Phi) is 10.2. The van der Waals surface area contributed by atoms with E-state index in [-0.39, 0.29) is 29.7 Å². The minimum Gasteiger partial charge on any atom is -0.368 e. The molecule has 0 bridgehead atoms. The second-order valence-corrected chi connectivity index (χ2v) is 9.39. The lowest BCUT2D eigenvalue weighted by molar-refractivity contribution is 0.599. The van der Waals surface area contributed by atoms with Gasteiger partial charge in [0.25, 0.3) is 0 Å². The standard InChI is InChI=1S/C17H27BrN4O2S.HI/c1-3-19-17(20-10-6-12-25(2,23)24)21-14-9-11-22(13-14)16-8-5-4-7-15(16)18;/h4-5,7-8,14H,3,6,9-13H2,1-2H3,(H2,19,20,21);1H. The minimum absolute atomic E-state index is 0. The molecular formula is C17H28BrIN4O2S. The summed E-state index contributed by atoms with van der Waals surface area (Å²) in [5, 5.41) is 6.70. The van der Waals surface area contributed by atoms with Gasteiger partial charge >= 0.3 is 0 Å². The van der Waals surface area contributed by atoms with Gasteiger partial charge in [-0.15, -0.1) is 24.0 Å². The molecule has 148 valence electrons. The summed E-state index contributed by atoms with van der Waals surface area (Å²) in [4.78, 5) is 6.85. The Morgan fingerprint density at radius 1 is 1.38 bits per heavy atom. The van der Waals surface area contributed by atoms with Gasteiger partial charge < -0.3 is 15.5 Å². The smallest absolute Gasteiger partial charge is 0.191 e. The molecule has 0 aliphatic carbocycles. The molecule has 0 radical (unpaired) electrons. The van der Waals surface area contributed by atoms with Gasteiger partial charge in [0.1, 0.15) is 9.84 Å². The van der Waals surface area contributed by atoms with Crippen molar-refractivity contribution in [2.24, 2.45) is 4.99 Å². The van der Waals surface area contributed by atoms with Crippen molar-refractivity contribution < 1.29 is 8.42 Å². The number of nitrogens with zero attached hydrogens (tertiary/aromatic N) is 2. The number of halogens is 2. The Bertz CT molecular complexity index is 700. The third-order valence-electron chi connectivity index (χ3n) is 4.01. The molecule has 6 nitrogen and oxygen atoms in total. The molecule has 0 saturated carbocycles. The van der Waals surface area contributed by atoms with Gasteiger partial charge in [0.2, 0.25) is 0 Å². The van der Waals surface area contributed by atoms with Crippen LogP contribution in [0.3, 0.4) is 0 Å². The fraction of sp³-hybridized carbons (Fsp3) is 0.588. The van der Waals surface area contributed by atoms with Crippen LogP contribution in [0.1, 0.15) is 19.8 Å². The minimum atomic E-state index is -2.92. The van der Waals surface area contributed by atoms with E-state index in [1.165, 1.54) is 11.9 Å². The average molecular weight is 559 g/mol. The molecule has 0 spiro atoms. The van der Waals surface area contributed by atoms with Gasteiger partial charge in [-0.05, 0) is 47.8 Å². The summed E-state index contributed by atoms with van der Waals surface area (Å²) >= 11 is 3.61. The Morgan fingerprint density at radius 2 is 2.12 bits per heavy atom. The van der Waals surface area contributed by atoms with Gasteiger partial charge in [-0.1, -0.05) is 12.1 Å². The van der Waals surface area contributed by atoms with Gasteiger partial charge in [0.05, 0.1) is 11.4 Å². The van der Waals surface area contributed by atoms with Crippen LogP contribution in [-0.2, 0) is 9.84 Å². The summed E-state index contributed by atoms with van der Waals surface area (Å²) < 4.78 is 23.5. The molecule has 9 heteroatoms. The molecule has 1 aromatic rings. The predicted octanol–water partition coefficient (Wildman–Crippen LogP) is 2.64. The lowest BCUT2D eigenvalue weighted by Gasteiger charge is -2.21. The first-order valence-electron chi connectivity index (χ1n) is 8.61. The topological polar surface area (TPSA) is 73.8 Å². The van der Waals surface area contributed by atoms with E-state index in [4.69, 9.17) is 0 Å². The van der Waals surface area contributed by atoms with E-state index in [1.807, 2.05) is 19.1 Å². The monoisotopic (exact) mass is 558 g/mol. The normalized spacial score (nSPS) is 17.7. The van der Waals surface area contributed by atoms with Gasteiger partial charge in [-0.2, -0.15) is 0 Å². The molecule has 2 N–H and O–H groups in total. The second kappa shape index (κ2) is 11.3. The molecule has 1 aliphatic heterocycles. The SMILES string of the molecule is CCNC(=NCCCS(C)(=O)=O)NC1CCN(c2ccccc2Br)C1.I. The summed E-state index contributed by atoms with van der Waals surface area (Å²) in [7, 11) is -2.92. The maximum absolute atomic E-state index is 11.2. The van der Waals surface area contributed by atoms with Crippen molar-refractivity contribution in [1.82, 2.24) is 10.6 Å². The molecule has 1 unspecified atom stereocenters. The summed E-state index contributed by atoms with van der Waals surface area (Å²) in [6.07, 6.45) is 2.84. The van der Waals surface area contributed by atoms with Crippen molar-refractivity contribution in [3.63, 3.8) is 0 Å². The zero-order valence-electron chi connectivity index (χ0n) is 15.2. The van der Waals surface area contributed by atoms with E-state index in [1.54, 1.807) is 0 Å². The van der Waals surface area contributed by atoms with E-state index < -0.39 is 9.84 Å². The molecule has 1 aromatic carbocycles. The van der Waals surface area contributed by atoms with Crippen molar-refractivity contribution >= 4 is 61.4 Å². The third-order valence-corrected chi connectivity index (χ3v) is 5.71. The van der Waals surface area contributed by atoms with Crippen LogP contribution < -0.4 is 15.5 Å². The van der Waals surface area contributed by atoms with Crippen molar-refractivity contribution in [2.75, 3.05) is 43.1 Å². The molecule has 1 saturated heterocycles. The van der Waals surface area contributed by atoms with Crippen LogP contribution in [0.5, 0.6) is 0 Å². The highest BCUT2D eigenvalue weighted by Crippen LogP contribution is 2.28. The number of sulfone groups is 1. The summed E-state index contributed by atoms with van der Waals surface area (Å²) in [6.45, 7) is 5.21. The number of guanidine groups is 1. The summed E-state index contributed by atoms with van der Waals surface area (Å²) in [5.74, 6) is 0.935. The van der Waals surface area contributed by atoms with Gasteiger partial charge in [0.15, 0.2) is 5.96 Å². The fourth-order valence-electron chi connectivity index (χ4n) is 2.84. The molecule has 1 atom stereocenters. The second-order valence-electron chi connectivity index (χ2n) is 6.27.